The molecule has 0 aliphatic carbocycles. The zero-order valence-corrected chi connectivity index (χ0v) is 18.4. The first-order valence-electron chi connectivity index (χ1n) is 10.6. The topological polar surface area (TPSA) is 24.9 Å². The Morgan fingerprint density at radius 1 is 1.03 bits per heavy atom. The molecule has 0 spiro atoms. The highest BCUT2D eigenvalue weighted by molar-refractivity contribution is 5.94. The van der Waals surface area contributed by atoms with Crippen LogP contribution in [0, 0.1) is 13.8 Å². The maximum atomic E-state index is 5.07. The molecule has 0 unspecified atom stereocenters. The lowest BCUT2D eigenvalue weighted by Gasteiger charge is -2.17. The molecule has 3 aromatic rings. The fourth-order valence-corrected chi connectivity index (χ4v) is 3.72. The van der Waals surface area contributed by atoms with E-state index in [9.17, 15) is 0 Å². The molecule has 29 heavy (non-hydrogen) atoms. The van der Waals surface area contributed by atoms with E-state index in [1.165, 1.54) is 27.8 Å². The van der Waals surface area contributed by atoms with Gasteiger partial charge in [-0.25, -0.2) is 4.98 Å². The normalized spacial score (nSPS) is 11.7. The Balaban J connectivity index is 2.21. The van der Waals surface area contributed by atoms with E-state index >= 15 is 0 Å². The molecule has 0 radical (unpaired) electrons. The van der Waals surface area contributed by atoms with E-state index in [1.54, 1.807) is 0 Å². The molecule has 2 nitrogen and oxygen atoms in total. The van der Waals surface area contributed by atoms with Gasteiger partial charge in [0.05, 0.1) is 11.2 Å². The molecular formula is C27H32N2. The summed E-state index contributed by atoms with van der Waals surface area (Å²) in [7, 11) is 0. The van der Waals surface area contributed by atoms with E-state index in [0.717, 1.165) is 47.2 Å². The molecule has 0 fully saturated rings. The average Bonchev–Trinajstić information content (AvgIpc) is 2.73. The Labute approximate surface area is 175 Å². The first-order valence-corrected chi connectivity index (χ1v) is 10.6. The molecule has 2 heteroatoms. The molecule has 0 atom stereocenters. The van der Waals surface area contributed by atoms with Gasteiger partial charge in [0.15, 0.2) is 0 Å². The zero-order valence-electron chi connectivity index (χ0n) is 18.4. The Bertz CT molecular complexity index is 1070. The third kappa shape index (κ3) is 4.42. The maximum Gasteiger partial charge on any atom is 0.0719 e. The zero-order chi connectivity index (χ0) is 21.0. The summed E-state index contributed by atoms with van der Waals surface area (Å²) in [5.41, 5.74) is 10.3. The Hall–Kier alpha value is -2.87. The molecule has 3 rings (SSSR count). The van der Waals surface area contributed by atoms with Crippen LogP contribution in [0.15, 0.2) is 55.1 Å². The van der Waals surface area contributed by atoms with Gasteiger partial charge in [-0.15, -0.1) is 0 Å². The van der Waals surface area contributed by atoms with Crippen LogP contribution >= 0.6 is 0 Å². The summed E-state index contributed by atoms with van der Waals surface area (Å²) >= 11 is 0. The number of hydrogen-bond acceptors (Lipinski definition) is 2. The van der Waals surface area contributed by atoms with Gasteiger partial charge in [-0.05, 0) is 68.0 Å². The van der Waals surface area contributed by atoms with Crippen LogP contribution in [-0.4, -0.2) is 11.5 Å². The van der Waals surface area contributed by atoms with E-state index in [4.69, 9.17) is 4.98 Å². The van der Waals surface area contributed by atoms with Gasteiger partial charge in [0.25, 0.3) is 0 Å². The Morgan fingerprint density at radius 2 is 1.83 bits per heavy atom. The quantitative estimate of drug-likeness (QED) is 0.482. The highest BCUT2D eigenvalue weighted by atomic mass is 14.9. The van der Waals surface area contributed by atoms with Crippen LogP contribution in [0.2, 0.25) is 0 Å². The second kappa shape index (κ2) is 9.09. The molecule has 0 bridgehead atoms. The van der Waals surface area contributed by atoms with Crippen molar-refractivity contribution in [1.29, 1.82) is 0 Å². The molecule has 0 amide bonds. The van der Waals surface area contributed by atoms with Crippen molar-refractivity contribution in [2.45, 2.75) is 47.5 Å². The van der Waals surface area contributed by atoms with Crippen LogP contribution in [0.4, 0.5) is 0 Å². The second-order valence-corrected chi connectivity index (χ2v) is 7.69. The second-order valence-electron chi connectivity index (χ2n) is 7.69. The largest absolute Gasteiger partial charge is 0.385 e. The monoisotopic (exact) mass is 384 g/mol. The van der Waals surface area contributed by atoms with Crippen LogP contribution in [0.3, 0.4) is 0 Å². The smallest absolute Gasteiger partial charge is 0.0719 e. The molecule has 1 heterocycles. The fraction of sp³-hybridized carbons (Fsp3) is 0.296. The minimum Gasteiger partial charge on any atom is -0.385 e. The van der Waals surface area contributed by atoms with Crippen molar-refractivity contribution < 1.29 is 0 Å². The van der Waals surface area contributed by atoms with Crippen molar-refractivity contribution in [2.75, 3.05) is 6.54 Å². The number of aromatic nitrogens is 1. The molecule has 0 saturated carbocycles. The number of nitrogens with zero attached hydrogens (tertiary/aromatic N) is 1. The number of allylic oxidation sites excluding steroid dienone is 1. The summed E-state index contributed by atoms with van der Waals surface area (Å²) in [5.74, 6) is 0. The number of hydrogen-bond donors (Lipinski definition) is 1. The van der Waals surface area contributed by atoms with Gasteiger partial charge < -0.3 is 5.32 Å². The van der Waals surface area contributed by atoms with Crippen LogP contribution in [0.5, 0.6) is 0 Å². The predicted octanol–water partition coefficient (Wildman–Crippen LogP) is 6.84. The molecule has 0 aliphatic rings. The summed E-state index contributed by atoms with van der Waals surface area (Å²) in [6, 6.07) is 15.4. The first-order chi connectivity index (χ1) is 14.0. The van der Waals surface area contributed by atoms with Crippen molar-refractivity contribution in [2.24, 2.45) is 0 Å². The van der Waals surface area contributed by atoms with Crippen LogP contribution in [0.25, 0.3) is 22.2 Å². The third-order valence-corrected chi connectivity index (χ3v) is 5.44. The lowest BCUT2D eigenvalue weighted by molar-refractivity contribution is 0.825. The van der Waals surface area contributed by atoms with Gasteiger partial charge in [0.1, 0.15) is 0 Å². The average molecular weight is 385 g/mol. The van der Waals surface area contributed by atoms with Crippen LogP contribution < -0.4 is 5.32 Å². The number of aryl methyl sites for hydroxylation is 3. The third-order valence-electron chi connectivity index (χ3n) is 5.44. The lowest BCUT2D eigenvalue weighted by Crippen LogP contribution is -2.13. The maximum absolute atomic E-state index is 5.07. The summed E-state index contributed by atoms with van der Waals surface area (Å²) in [6.07, 6.45) is 4.27. The summed E-state index contributed by atoms with van der Waals surface area (Å²) < 4.78 is 0. The number of nitrogens with one attached hydrogen (secondary N) is 1. The van der Waals surface area contributed by atoms with E-state index in [2.05, 4.69) is 95.1 Å². The lowest BCUT2D eigenvalue weighted by atomic mass is 9.93. The molecule has 2 aromatic carbocycles. The van der Waals surface area contributed by atoms with Crippen molar-refractivity contribution in [3.63, 3.8) is 0 Å². The number of benzene rings is 2. The molecular weight excluding hydrogens is 352 g/mol. The van der Waals surface area contributed by atoms with Gasteiger partial charge in [0, 0.05) is 28.8 Å². The van der Waals surface area contributed by atoms with Crippen LogP contribution in [-0.2, 0) is 6.42 Å². The highest BCUT2D eigenvalue weighted by Gasteiger charge is 2.14. The SMILES string of the molecule is C=C(NCCC)c1cc(/C(=C/C)c2cc(CC)ccc2C)nc2cc(C)ccc12. The van der Waals surface area contributed by atoms with Gasteiger partial charge in [-0.2, -0.15) is 0 Å². The van der Waals surface area contributed by atoms with Crippen molar-refractivity contribution in [1.82, 2.24) is 10.3 Å². The first kappa shape index (κ1) is 20.9. The molecule has 150 valence electrons. The number of fused-ring (bicyclic) bond motifs is 1. The summed E-state index contributed by atoms with van der Waals surface area (Å²) in [4.78, 5) is 5.07. The Morgan fingerprint density at radius 3 is 2.52 bits per heavy atom. The Kier molecular flexibility index (Phi) is 6.53. The fourth-order valence-electron chi connectivity index (χ4n) is 3.72. The number of pyridine rings is 1. The molecule has 1 aromatic heterocycles. The summed E-state index contributed by atoms with van der Waals surface area (Å²) in [6.45, 7) is 16.0. The minimum atomic E-state index is 0.915. The molecule has 0 aliphatic heterocycles. The minimum absolute atomic E-state index is 0.915. The van der Waals surface area contributed by atoms with E-state index in [0.29, 0.717) is 0 Å². The standard InChI is InChI=1S/C27H32N2/c1-7-14-28-20(6)25-17-27(29-26-15-18(4)10-13-23(25)26)22(9-3)24-16-21(8-2)12-11-19(24)5/h9-13,15-17,28H,6-8,14H2,1-5H3/b22-9+. The van der Waals surface area contributed by atoms with Crippen molar-refractivity contribution in [3.8, 4) is 0 Å². The van der Waals surface area contributed by atoms with Crippen LogP contribution in [0.1, 0.15) is 60.7 Å². The molecule has 1 N–H and O–H groups in total. The summed E-state index contributed by atoms with van der Waals surface area (Å²) in [5, 5.41) is 4.61. The molecule has 0 saturated heterocycles. The van der Waals surface area contributed by atoms with Gasteiger partial charge in [0.2, 0.25) is 0 Å². The van der Waals surface area contributed by atoms with Crippen molar-refractivity contribution in [3.05, 3.63) is 88.6 Å². The van der Waals surface area contributed by atoms with E-state index in [-0.39, 0.29) is 0 Å². The van der Waals surface area contributed by atoms with Gasteiger partial charge in [-0.3, -0.25) is 0 Å². The van der Waals surface area contributed by atoms with E-state index < -0.39 is 0 Å². The van der Waals surface area contributed by atoms with Gasteiger partial charge in [-0.1, -0.05) is 56.8 Å². The van der Waals surface area contributed by atoms with Crippen molar-refractivity contribution >= 4 is 22.2 Å². The predicted molar refractivity (Wildman–Crippen MR) is 127 cm³/mol. The number of rotatable bonds is 7. The van der Waals surface area contributed by atoms with E-state index in [1.807, 2.05) is 0 Å². The van der Waals surface area contributed by atoms with Gasteiger partial charge >= 0.3 is 0 Å². The highest BCUT2D eigenvalue weighted by Crippen LogP contribution is 2.31.